The number of aromatic hydroxyl groups is 1. The van der Waals surface area contributed by atoms with E-state index in [0.29, 0.717) is 19.3 Å². The molecule has 0 aromatic carbocycles. The highest BCUT2D eigenvalue weighted by molar-refractivity contribution is 5.97. The zero-order chi connectivity index (χ0) is 21.1. The molecule has 2 unspecified atom stereocenters. The Hall–Kier alpha value is -2.58. The number of amides is 1. The molecule has 0 aliphatic heterocycles. The van der Waals surface area contributed by atoms with E-state index in [0.717, 1.165) is 43.1 Å². The van der Waals surface area contributed by atoms with Crippen molar-refractivity contribution in [2.45, 2.75) is 76.8 Å². The summed E-state index contributed by atoms with van der Waals surface area (Å²) in [5, 5.41) is 21.7. The molecule has 1 aromatic heterocycles. The number of carboxylic acid groups (broad SMARTS) is 1. The van der Waals surface area contributed by atoms with Gasteiger partial charge in [-0.1, -0.05) is 39.0 Å². The zero-order valence-electron chi connectivity index (χ0n) is 16.7. The number of carbonyl (C=O) groups is 2. The maximum absolute atomic E-state index is 13.3. The van der Waals surface area contributed by atoms with Crippen LogP contribution in [0.1, 0.15) is 87.2 Å². The quantitative estimate of drug-likeness (QED) is 0.682. The first-order valence-electron chi connectivity index (χ1n) is 10.4. The second-order valence-corrected chi connectivity index (χ2v) is 8.22. The summed E-state index contributed by atoms with van der Waals surface area (Å²) in [6.07, 6.45) is 7.63. The molecular weight excluding hydrogens is 378 g/mol. The summed E-state index contributed by atoms with van der Waals surface area (Å²) >= 11 is 0. The SMILES string of the molecule is CC1CCCCC1n1c(=O)c(C(=O)NCC(=O)O)c(O)n(C2CCCCC2)c1=O. The summed E-state index contributed by atoms with van der Waals surface area (Å²) in [5.74, 6) is -2.81. The van der Waals surface area contributed by atoms with Crippen molar-refractivity contribution in [3.05, 3.63) is 26.4 Å². The lowest BCUT2D eigenvalue weighted by atomic mass is 9.85. The average molecular weight is 407 g/mol. The van der Waals surface area contributed by atoms with Crippen molar-refractivity contribution >= 4 is 11.9 Å². The van der Waals surface area contributed by atoms with Crippen LogP contribution in [0.5, 0.6) is 5.88 Å². The minimum absolute atomic E-state index is 0.0911. The smallest absolute Gasteiger partial charge is 0.334 e. The van der Waals surface area contributed by atoms with Gasteiger partial charge < -0.3 is 15.5 Å². The Labute approximate surface area is 168 Å². The van der Waals surface area contributed by atoms with Crippen molar-refractivity contribution in [1.29, 1.82) is 0 Å². The molecule has 1 heterocycles. The molecule has 0 bridgehead atoms. The third kappa shape index (κ3) is 4.23. The summed E-state index contributed by atoms with van der Waals surface area (Å²) in [7, 11) is 0. The predicted molar refractivity (Wildman–Crippen MR) is 105 cm³/mol. The highest BCUT2D eigenvalue weighted by atomic mass is 16.4. The van der Waals surface area contributed by atoms with Crippen molar-refractivity contribution in [3.63, 3.8) is 0 Å². The Morgan fingerprint density at radius 3 is 2.24 bits per heavy atom. The van der Waals surface area contributed by atoms with Crippen LogP contribution < -0.4 is 16.6 Å². The van der Waals surface area contributed by atoms with E-state index >= 15 is 0 Å². The van der Waals surface area contributed by atoms with Gasteiger partial charge in [0.1, 0.15) is 6.54 Å². The van der Waals surface area contributed by atoms with Crippen LogP contribution in [0.25, 0.3) is 0 Å². The van der Waals surface area contributed by atoms with Gasteiger partial charge in [0.05, 0.1) is 0 Å². The summed E-state index contributed by atoms with van der Waals surface area (Å²) < 4.78 is 2.32. The summed E-state index contributed by atoms with van der Waals surface area (Å²) in [4.78, 5) is 49.9. The number of aromatic nitrogens is 2. The lowest BCUT2D eigenvalue weighted by Gasteiger charge is -2.32. The molecule has 160 valence electrons. The van der Waals surface area contributed by atoms with Crippen LogP contribution in [0.15, 0.2) is 9.59 Å². The lowest BCUT2D eigenvalue weighted by Crippen LogP contribution is -2.49. The van der Waals surface area contributed by atoms with E-state index in [-0.39, 0.29) is 18.0 Å². The van der Waals surface area contributed by atoms with E-state index in [2.05, 4.69) is 5.32 Å². The third-order valence-electron chi connectivity index (χ3n) is 6.26. The van der Waals surface area contributed by atoms with E-state index in [1.54, 1.807) is 0 Å². The topological polar surface area (TPSA) is 131 Å². The highest BCUT2D eigenvalue weighted by Gasteiger charge is 2.33. The molecule has 9 nitrogen and oxygen atoms in total. The van der Waals surface area contributed by atoms with Crippen LogP contribution >= 0.6 is 0 Å². The molecular formula is C20H29N3O6. The standard InChI is InChI=1S/C20H29N3O6/c1-12-7-5-6-10-14(12)23-19(28)16(17(26)21-11-15(24)25)18(27)22(20(23)29)13-8-3-2-4-9-13/h12-14,27H,2-11H2,1H3,(H,21,26)(H,24,25). The molecule has 1 amide bonds. The number of rotatable bonds is 5. The Kier molecular flexibility index (Phi) is 6.44. The first-order chi connectivity index (χ1) is 13.8. The first kappa shape index (κ1) is 21.1. The van der Waals surface area contributed by atoms with Crippen LogP contribution in [0, 0.1) is 5.92 Å². The number of carboxylic acids is 1. The summed E-state index contributed by atoms with van der Waals surface area (Å²) in [6, 6.07) is -0.627. The number of carbonyl (C=O) groups excluding carboxylic acids is 1. The third-order valence-corrected chi connectivity index (χ3v) is 6.26. The number of nitrogens with zero attached hydrogens (tertiary/aromatic N) is 2. The monoisotopic (exact) mass is 407 g/mol. The van der Waals surface area contributed by atoms with Crippen molar-refractivity contribution in [2.75, 3.05) is 6.54 Å². The number of hydrogen-bond donors (Lipinski definition) is 3. The van der Waals surface area contributed by atoms with E-state index in [4.69, 9.17) is 5.11 Å². The fraction of sp³-hybridized carbons (Fsp3) is 0.700. The molecule has 0 spiro atoms. The second kappa shape index (κ2) is 8.84. The zero-order valence-corrected chi connectivity index (χ0v) is 16.7. The van der Waals surface area contributed by atoms with Gasteiger partial charge in [0.15, 0.2) is 5.56 Å². The molecule has 2 fully saturated rings. The average Bonchev–Trinajstić information content (AvgIpc) is 2.68. The Morgan fingerprint density at radius 1 is 1.00 bits per heavy atom. The van der Waals surface area contributed by atoms with Gasteiger partial charge in [-0.2, -0.15) is 0 Å². The van der Waals surface area contributed by atoms with Gasteiger partial charge in [0, 0.05) is 12.1 Å². The molecule has 2 saturated carbocycles. The molecule has 3 N–H and O–H groups in total. The molecule has 2 atom stereocenters. The Morgan fingerprint density at radius 2 is 1.62 bits per heavy atom. The van der Waals surface area contributed by atoms with Crippen LogP contribution in [-0.4, -0.2) is 37.8 Å². The summed E-state index contributed by atoms with van der Waals surface area (Å²) in [6.45, 7) is 1.30. The highest BCUT2D eigenvalue weighted by Crippen LogP contribution is 2.34. The van der Waals surface area contributed by atoms with Crippen molar-refractivity contribution in [2.24, 2.45) is 5.92 Å². The number of nitrogens with one attached hydrogen (secondary N) is 1. The van der Waals surface area contributed by atoms with Gasteiger partial charge in [-0.3, -0.25) is 23.5 Å². The molecule has 0 radical (unpaired) electrons. The molecule has 0 saturated heterocycles. The van der Waals surface area contributed by atoms with Crippen molar-refractivity contribution < 1.29 is 19.8 Å². The van der Waals surface area contributed by atoms with Crippen LogP contribution in [0.2, 0.25) is 0 Å². The fourth-order valence-corrected chi connectivity index (χ4v) is 4.71. The van der Waals surface area contributed by atoms with Gasteiger partial charge in [-0.05, 0) is 31.6 Å². The van der Waals surface area contributed by atoms with Gasteiger partial charge >= 0.3 is 11.7 Å². The fourth-order valence-electron chi connectivity index (χ4n) is 4.71. The Balaban J connectivity index is 2.17. The van der Waals surface area contributed by atoms with E-state index < -0.39 is 41.1 Å². The normalized spacial score (nSPS) is 22.9. The van der Waals surface area contributed by atoms with Crippen LogP contribution in [0.3, 0.4) is 0 Å². The molecule has 2 aliphatic rings. The number of hydrogen-bond acceptors (Lipinski definition) is 5. The van der Waals surface area contributed by atoms with Crippen molar-refractivity contribution in [3.8, 4) is 5.88 Å². The van der Waals surface area contributed by atoms with Crippen molar-refractivity contribution in [1.82, 2.24) is 14.5 Å². The summed E-state index contributed by atoms with van der Waals surface area (Å²) in [5.41, 5.74) is -1.97. The molecule has 2 aliphatic carbocycles. The van der Waals surface area contributed by atoms with Crippen LogP contribution in [0.4, 0.5) is 0 Å². The molecule has 1 aromatic rings. The number of aliphatic carboxylic acids is 1. The molecule has 3 rings (SSSR count). The molecule has 9 heteroatoms. The van der Waals surface area contributed by atoms with E-state index in [1.807, 2.05) is 6.92 Å². The van der Waals surface area contributed by atoms with Gasteiger partial charge in [0.2, 0.25) is 5.88 Å². The van der Waals surface area contributed by atoms with Gasteiger partial charge in [-0.25, -0.2) is 4.79 Å². The van der Waals surface area contributed by atoms with E-state index in [1.165, 1.54) is 4.57 Å². The first-order valence-corrected chi connectivity index (χ1v) is 10.4. The van der Waals surface area contributed by atoms with Gasteiger partial charge in [-0.15, -0.1) is 0 Å². The van der Waals surface area contributed by atoms with Gasteiger partial charge in [0.25, 0.3) is 11.5 Å². The molecule has 29 heavy (non-hydrogen) atoms. The lowest BCUT2D eigenvalue weighted by molar-refractivity contribution is -0.135. The Bertz CT molecular complexity index is 897. The van der Waals surface area contributed by atoms with Crippen LogP contribution in [-0.2, 0) is 4.79 Å². The second-order valence-electron chi connectivity index (χ2n) is 8.22. The van der Waals surface area contributed by atoms with E-state index in [9.17, 15) is 24.3 Å². The predicted octanol–water partition coefficient (Wildman–Crippen LogP) is 1.79. The maximum atomic E-state index is 13.3. The largest absolute Gasteiger partial charge is 0.494 e. The maximum Gasteiger partial charge on any atom is 0.334 e. The minimum Gasteiger partial charge on any atom is -0.494 e. The minimum atomic E-state index is -1.26.